The number of benzene rings is 1. The van der Waals surface area contributed by atoms with Crippen LogP contribution in [0.15, 0.2) is 47.1 Å². The van der Waals surface area contributed by atoms with Crippen LogP contribution in [0.5, 0.6) is 0 Å². The molecule has 1 aromatic carbocycles. The van der Waals surface area contributed by atoms with E-state index in [0.717, 1.165) is 53.9 Å². The zero-order chi connectivity index (χ0) is 31.7. The van der Waals surface area contributed by atoms with Gasteiger partial charge in [-0.2, -0.15) is 22.0 Å². The minimum Gasteiger partial charge on any atom is -0.383 e. The Kier molecular flexibility index (Phi) is 7.88. The van der Waals surface area contributed by atoms with Crippen molar-refractivity contribution in [1.82, 2.24) is 9.80 Å². The van der Waals surface area contributed by atoms with Crippen LogP contribution in [0.1, 0.15) is 82.3 Å². The summed E-state index contributed by atoms with van der Waals surface area (Å²) in [6.45, 7) is 6.71. The van der Waals surface area contributed by atoms with Gasteiger partial charge in [-0.1, -0.05) is 36.8 Å². The molecule has 1 N–H and O–H groups in total. The molecule has 1 saturated heterocycles. The third-order valence-corrected chi connectivity index (χ3v) is 11.6. The summed E-state index contributed by atoms with van der Waals surface area (Å²) < 4.78 is 71.9. The maximum absolute atomic E-state index is 15.2. The van der Waals surface area contributed by atoms with Crippen molar-refractivity contribution in [2.75, 3.05) is 26.2 Å². The van der Waals surface area contributed by atoms with Crippen LogP contribution in [-0.2, 0) is 16.1 Å². The van der Waals surface area contributed by atoms with E-state index >= 15 is 8.78 Å². The van der Waals surface area contributed by atoms with Crippen LogP contribution in [0.3, 0.4) is 0 Å². The molecular formula is C34H41F5N2O3. The van der Waals surface area contributed by atoms with Crippen molar-refractivity contribution >= 4 is 11.7 Å². The average Bonchev–Trinajstić information content (AvgIpc) is 3.09. The van der Waals surface area contributed by atoms with Crippen LogP contribution in [-0.4, -0.2) is 70.5 Å². The molecule has 1 aromatic rings. The summed E-state index contributed by atoms with van der Waals surface area (Å²) in [5.74, 6) is -6.32. The highest BCUT2D eigenvalue weighted by Gasteiger charge is 2.79. The maximum Gasteiger partial charge on any atom is 0.456 e. The van der Waals surface area contributed by atoms with Crippen molar-refractivity contribution in [1.29, 1.82) is 0 Å². The van der Waals surface area contributed by atoms with E-state index in [1.54, 1.807) is 13.0 Å². The topological polar surface area (TPSA) is 60.9 Å². The number of alkyl halides is 5. The zero-order valence-electron chi connectivity index (χ0n) is 25.4. The summed E-state index contributed by atoms with van der Waals surface area (Å²) >= 11 is 0. The van der Waals surface area contributed by atoms with E-state index in [9.17, 15) is 27.9 Å². The molecule has 0 radical (unpaired) electrons. The zero-order valence-corrected chi connectivity index (χ0v) is 25.4. The maximum atomic E-state index is 15.2. The number of carbonyl (C=O) groups excluding carboxylic acids is 2. The Labute approximate surface area is 255 Å². The Bertz CT molecular complexity index is 1390. The molecule has 5 aliphatic rings. The van der Waals surface area contributed by atoms with E-state index < -0.39 is 41.4 Å². The van der Waals surface area contributed by atoms with Gasteiger partial charge in [0.1, 0.15) is 5.60 Å². The average molecular weight is 621 g/mol. The van der Waals surface area contributed by atoms with Crippen molar-refractivity contribution in [3.8, 4) is 0 Å². The normalized spacial score (nSPS) is 33.4. The van der Waals surface area contributed by atoms with Gasteiger partial charge in [0.15, 0.2) is 5.78 Å². The minimum atomic E-state index is -5.86. The summed E-state index contributed by atoms with van der Waals surface area (Å²) in [5.41, 5.74) is 0.111. The van der Waals surface area contributed by atoms with Gasteiger partial charge in [-0.15, -0.1) is 0 Å². The molecular weight excluding hydrogens is 579 g/mol. The number of ketones is 1. The largest absolute Gasteiger partial charge is 0.456 e. The summed E-state index contributed by atoms with van der Waals surface area (Å²) in [7, 11) is 0. The van der Waals surface area contributed by atoms with Gasteiger partial charge in [0.2, 0.25) is 5.91 Å². The molecule has 0 spiro atoms. The fourth-order valence-corrected chi connectivity index (χ4v) is 9.27. The van der Waals surface area contributed by atoms with Gasteiger partial charge in [0, 0.05) is 57.4 Å². The molecule has 0 unspecified atom stereocenters. The first kappa shape index (κ1) is 31.4. The highest BCUT2D eigenvalue weighted by Crippen LogP contribution is 2.70. The predicted molar refractivity (Wildman–Crippen MR) is 155 cm³/mol. The quantitative estimate of drug-likeness (QED) is 0.387. The first-order valence-corrected chi connectivity index (χ1v) is 15.9. The molecule has 1 amide bonds. The molecule has 1 aliphatic heterocycles. The Morgan fingerprint density at radius 1 is 1.00 bits per heavy atom. The second-order valence-electron chi connectivity index (χ2n) is 13.8. The lowest BCUT2D eigenvalue weighted by atomic mass is 9.50. The number of rotatable bonds is 4. The van der Waals surface area contributed by atoms with E-state index in [2.05, 4.69) is 4.90 Å². The summed E-state index contributed by atoms with van der Waals surface area (Å²) in [5, 5.41) is 11.5. The van der Waals surface area contributed by atoms with E-state index in [1.807, 2.05) is 29.2 Å². The molecule has 4 aliphatic carbocycles. The molecule has 2 saturated carbocycles. The lowest BCUT2D eigenvalue weighted by Crippen LogP contribution is -2.65. The molecule has 3 fully saturated rings. The Morgan fingerprint density at radius 2 is 1.73 bits per heavy atom. The van der Waals surface area contributed by atoms with Gasteiger partial charge in [0.05, 0.1) is 0 Å². The van der Waals surface area contributed by atoms with Crippen LogP contribution >= 0.6 is 0 Å². The lowest BCUT2D eigenvalue weighted by molar-refractivity contribution is -0.362. The summed E-state index contributed by atoms with van der Waals surface area (Å²) in [6.07, 6.45) is -1.79. The predicted octanol–water partition coefficient (Wildman–Crippen LogP) is 6.57. The summed E-state index contributed by atoms with van der Waals surface area (Å²) in [4.78, 5) is 28.2. The van der Waals surface area contributed by atoms with Crippen molar-refractivity contribution < 1.29 is 36.6 Å². The summed E-state index contributed by atoms with van der Waals surface area (Å²) in [6, 6.07) is 7.89. The second-order valence-corrected chi connectivity index (χ2v) is 13.8. The molecule has 6 rings (SSSR count). The number of fused-ring (bicyclic) bond motifs is 4. The molecule has 240 valence electrons. The number of aliphatic hydroxyl groups is 1. The van der Waals surface area contributed by atoms with Crippen molar-refractivity contribution in [3.63, 3.8) is 0 Å². The van der Waals surface area contributed by atoms with Gasteiger partial charge >= 0.3 is 12.1 Å². The fraction of sp³-hybridized carbons (Fsp3) is 0.647. The van der Waals surface area contributed by atoms with Crippen LogP contribution in [0, 0.1) is 17.3 Å². The number of allylic oxidation sites excluding steroid dienone is 4. The van der Waals surface area contributed by atoms with E-state index in [4.69, 9.17) is 0 Å². The van der Waals surface area contributed by atoms with E-state index in [0.29, 0.717) is 38.8 Å². The lowest BCUT2D eigenvalue weighted by Gasteiger charge is -2.56. The molecule has 0 aromatic heterocycles. The number of carbonyl (C=O) groups is 2. The Hall–Kier alpha value is -2.59. The van der Waals surface area contributed by atoms with Gasteiger partial charge in [-0.3, -0.25) is 14.5 Å². The van der Waals surface area contributed by atoms with Gasteiger partial charge < -0.3 is 10.0 Å². The van der Waals surface area contributed by atoms with Gasteiger partial charge in [-0.05, 0) is 85.1 Å². The highest BCUT2D eigenvalue weighted by molar-refractivity contribution is 5.93. The molecule has 44 heavy (non-hydrogen) atoms. The van der Waals surface area contributed by atoms with E-state index in [1.165, 1.54) is 6.92 Å². The molecule has 10 heteroatoms. The number of amides is 1. The van der Waals surface area contributed by atoms with Crippen LogP contribution in [0.4, 0.5) is 22.0 Å². The fourth-order valence-electron chi connectivity index (χ4n) is 9.27. The number of hydrogen-bond donors (Lipinski definition) is 1. The third-order valence-electron chi connectivity index (χ3n) is 11.6. The number of nitrogens with zero attached hydrogens (tertiary/aromatic N) is 2. The first-order valence-electron chi connectivity index (χ1n) is 15.9. The Morgan fingerprint density at radius 3 is 2.41 bits per heavy atom. The third kappa shape index (κ3) is 4.95. The standard InChI is InChI=1S/C34H41F5N2O3/c1-21(42)41-15-3-14-40(16-17-41)20-22-4-6-23(7-5-22)28-19-31(2)29(12-13-32(31,44)33(35,36)34(37,38)39)27-10-8-24-18-25(43)9-11-26(24)30(27)28/h4-7,18,27-29,44H,3,8-17,19-20H2,1-2H3/t27-,28+,29-,31-,32-/m0/s1. The minimum absolute atomic E-state index is 0.0251. The van der Waals surface area contributed by atoms with Crippen molar-refractivity contribution in [2.45, 2.75) is 95.4 Å². The van der Waals surface area contributed by atoms with Crippen LogP contribution in [0.25, 0.3) is 0 Å². The van der Waals surface area contributed by atoms with Crippen molar-refractivity contribution in [2.24, 2.45) is 17.3 Å². The van der Waals surface area contributed by atoms with Crippen LogP contribution < -0.4 is 0 Å². The highest BCUT2D eigenvalue weighted by atomic mass is 19.4. The van der Waals surface area contributed by atoms with Gasteiger partial charge in [-0.25, -0.2) is 0 Å². The SMILES string of the molecule is CC(=O)N1CCCN(Cc2ccc([C@H]3C[C@@]4(C)[C@@H](CC[C@@]4(O)C(F)(F)C(F)(F)F)[C@@H]4CCC5=CC(=O)CCC5=C43)cc2)CC1. The molecule has 1 heterocycles. The smallest absolute Gasteiger partial charge is 0.383 e. The Balaban J connectivity index is 1.35. The first-order chi connectivity index (χ1) is 20.7. The van der Waals surface area contributed by atoms with Crippen molar-refractivity contribution in [3.05, 3.63) is 58.2 Å². The van der Waals surface area contributed by atoms with Crippen LogP contribution in [0.2, 0.25) is 0 Å². The number of halogens is 5. The van der Waals surface area contributed by atoms with Gasteiger partial charge in [0.25, 0.3) is 0 Å². The molecule has 5 atom stereocenters. The number of hydrogen-bond acceptors (Lipinski definition) is 4. The van der Waals surface area contributed by atoms with E-state index in [-0.39, 0.29) is 30.4 Å². The molecule has 5 nitrogen and oxygen atoms in total. The molecule has 0 bridgehead atoms. The monoisotopic (exact) mass is 620 g/mol. The second kappa shape index (κ2) is 11.0.